The van der Waals surface area contributed by atoms with Crippen molar-refractivity contribution in [1.29, 1.82) is 0 Å². The van der Waals surface area contributed by atoms with Crippen LogP contribution in [0, 0.1) is 5.92 Å². The summed E-state index contributed by atoms with van der Waals surface area (Å²) < 4.78 is 5.50. The second-order valence-electron chi connectivity index (χ2n) is 5.63. The van der Waals surface area contributed by atoms with Crippen LogP contribution in [0.5, 0.6) is 0 Å². The third kappa shape index (κ3) is 3.95. The van der Waals surface area contributed by atoms with Gasteiger partial charge in [-0.3, -0.25) is 4.79 Å². The lowest BCUT2D eigenvalue weighted by atomic mass is 9.96. The Hall–Kier alpha value is -0.610. The van der Waals surface area contributed by atoms with E-state index in [4.69, 9.17) is 10.5 Å². The van der Waals surface area contributed by atoms with Crippen LogP contribution in [0.1, 0.15) is 44.9 Å². The van der Waals surface area contributed by atoms with Crippen molar-refractivity contribution < 1.29 is 9.53 Å². The fourth-order valence-electron chi connectivity index (χ4n) is 3.03. The molecular formula is C14H26N2O2. The van der Waals surface area contributed by atoms with Gasteiger partial charge in [0.15, 0.2) is 0 Å². The summed E-state index contributed by atoms with van der Waals surface area (Å²) in [5, 5.41) is 0. The third-order valence-electron chi connectivity index (χ3n) is 4.19. The molecule has 1 amide bonds. The van der Waals surface area contributed by atoms with Crippen molar-refractivity contribution in [2.24, 2.45) is 11.7 Å². The molecular weight excluding hydrogens is 228 g/mol. The van der Waals surface area contributed by atoms with Crippen LogP contribution in [0.4, 0.5) is 0 Å². The van der Waals surface area contributed by atoms with E-state index in [9.17, 15) is 4.79 Å². The number of hydrogen-bond acceptors (Lipinski definition) is 3. The normalized spacial score (nSPS) is 26.9. The van der Waals surface area contributed by atoms with Crippen molar-refractivity contribution in [2.75, 3.05) is 26.2 Å². The van der Waals surface area contributed by atoms with Crippen LogP contribution < -0.4 is 5.73 Å². The zero-order valence-electron chi connectivity index (χ0n) is 11.3. The predicted octanol–water partition coefficient (Wildman–Crippen LogP) is 1.53. The molecule has 0 aromatic heterocycles. The van der Waals surface area contributed by atoms with E-state index in [1.807, 2.05) is 4.90 Å². The summed E-state index contributed by atoms with van der Waals surface area (Å²) in [5.41, 5.74) is 5.61. The standard InChI is InChI=1S/C14H26N2O2/c15-10-13-11-16(7-8-18-13)14(17)9-12-5-3-1-2-4-6-12/h12-13H,1-11,15H2. The molecule has 2 N–H and O–H groups in total. The van der Waals surface area contributed by atoms with Crippen LogP contribution in [0.2, 0.25) is 0 Å². The summed E-state index contributed by atoms with van der Waals surface area (Å²) in [5.74, 6) is 0.919. The summed E-state index contributed by atoms with van der Waals surface area (Å²) >= 11 is 0. The van der Waals surface area contributed by atoms with Gasteiger partial charge in [0.1, 0.15) is 0 Å². The van der Waals surface area contributed by atoms with Gasteiger partial charge in [0.25, 0.3) is 0 Å². The molecule has 1 heterocycles. The first-order valence-electron chi connectivity index (χ1n) is 7.39. The molecule has 4 nitrogen and oxygen atoms in total. The molecule has 18 heavy (non-hydrogen) atoms. The molecule has 0 aromatic carbocycles. The predicted molar refractivity (Wildman–Crippen MR) is 71.2 cm³/mol. The highest BCUT2D eigenvalue weighted by Gasteiger charge is 2.25. The zero-order valence-corrected chi connectivity index (χ0v) is 11.3. The first-order valence-corrected chi connectivity index (χ1v) is 7.39. The molecule has 0 spiro atoms. The molecule has 4 heteroatoms. The Morgan fingerprint density at radius 3 is 2.61 bits per heavy atom. The largest absolute Gasteiger partial charge is 0.373 e. The lowest BCUT2D eigenvalue weighted by Crippen LogP contribution is -2.48. The van der Waals surface area contributed by atoms with Gasteiger partial charge in [0, 0.05) is 26.1 Å². The smallest absolute Gasteiger partial charge is 0.223 e. The summed E-state index contributed by atoms with van der Waals surface area (Å²) in [6.45, 7) is 2.57. The first-order chi connectivity index (χ1) is 8.79. The Bertz CT molecular complexity index is 263. The van der Waals surface area contributed by atoms with Crippen LogP contribution in [0.3, 0.4) is 0 Å². The number of carbonyl (C=O) groups excluding carboxylic acids is 1. The molecule has 2 fully saturated rings. The highest BCUT2D eigenvalue weighted by molar-refractivity contribution is 5.76. The van der Waals surface area contributed by atoms with Gasteiger partial charge in [-0.1, -0.05) is 25.7 Å². The molecule has 2 rings (SSSR count). The van der Waals surface area contributed by atoms with Gasteiger partial charge >= 0.3 is 0 Å². The van der Waals surface area contributed by atoms with Crippen LogP contribution in [-0.2, 0) is 9.53 Å². The maximum atomic E-state index is 12.3. The number of rotatable bonds is 3. The van der Waals surface area contributed by atoms with Crippen LogP contribution in [0.15, 0.2) is 0 Å². The molecule has 1 aliphatic heterocycles. The average Bonchev–Trinajstić information content (AvgIpc) is 2.67. The molecule has 104 valence electrons. The molecule has 0 bridgehead atoms. The molecule has 1 saturated heterocycles. The Balaban J connectivity index is 1.79. The second kappa shape index (κ2) is 7.10. The van der Waals surface area contributed by atoms with Gasteiger partial charge < -0.3 is 15.4 Å². The number of hydrogen-bond donors (Lipinski definition) is 1. The molecule has 1 atom stereocenters. The van der Waals surface area contributed by atoms with Gasteiger partial charge in [0.2, 0.25) is 5.91 Å². The molecule has 1 unspecified atom stereocenters. The van der Waals surface area contributed by atoms with Crippen molar-refractivity contribution in [3.63, 3.8) is 0 Å². The molecule has 1 saturated carbocycles. The van der Waals surface area contributed by atoms with E-state index < -0.39 is 0 Å². The van der Waals surface area contributed by atoms with E-state index in [0.29, 0.717) is 31.5 Å². The summed E-state index contributed by atoms with van der Waals surface area (Å²) in [6.07, 6.45) is 8.52. The lowest BCUT2D eigenvalue weighted by molar-refractivity contribution is -0.139. The summed E-state index contributed by atoms with van der Waals surface area (Å²) in [7, 11) is 0. The fraction of sp³-hybridized carbons (Fsp3) is 0.929. The SMILES string of the molecule is NCC1CN(C(=O)CC2CCCCCC2)CCO1. The topological polar surface area (TPSA) is 55.6 Å². The van der Waals surface area contributed by atoms with Crippen LogP contribution in [-0.4, -0.2) is 43.2 Å². The Labute approximate surface area is 110 Å². The van der Waals surface area contributed by atoms with E-state index >= 15 is 0 Å². The van der Waals surface area contributed by atoms with Crippen LogP contribution in [0.25, 0.3) is 0 Å². The highest BCUT2D eigenvalue weighted by Crippen LogP contribution is 2.26. The Kier molecular flexibility index (Phi) is 5.45. The van der Waals surface area contributed by atoms with Gasteiger partial charge in [-0.2, -0.15) is 0 Å². The van der Waals surface area contributed by atoms with Crippen molar-refractivity contribution in [1.82, 2.24) is 4.90 Å². The van der Waals surface area contributed by atoms with E-state index in [0.717, 1.165) is 13.0 Å². The van der Waals surface area contributed by atoms with Crippen molar-refractivity contribution in [3.05, 3.63) is 0 Å². The lowest BCUT2D eigenvalue weighted by Gasteiger charge is -2.33. The minimum atomic E-state index is 0.0387. The molecule has 0 radical (unpaired) electrons. The zero-order chi connectivity index (χ0) is 12.8. The van der Waals surface area contributed by atoms with Crippen LogP contribution >= 0.6 is 0 Å². The summed E-state index contributed by atoms with van der Waals surface area (Å²) in [4.78, 5) is 14.2. The van der Waals surface area contributed by atoms with Gasteiger partial charge in [-0.05, 0) is 18.8 Å². The number of ether oxygens (including phenoxy) is 1. The Morgan fingerprint density at radius 2 is 1.94 bits per heavy atom. The maximum Gasteiger partial charge on any atom is 0.223 e. The molecule has 2 aliphatic rings. The van der Waals surface area contributed by atoms with Gasteiger partial charge in [-0.15, -0.1) is 0 Å². The van der Waals surface area contributed by atoms with Crippen molar-refractivity contribution in [2.45, 2.75) is 51.0 Å². The number of carbonyl (C=O) groups is 1. The number of amides is 1. The summed E-state index contributed by atoms with van der Waals surface area (Å²) in [6, 6.07) is 0. The Morgan fingerprint density at radius 1 is 1.22 bits per heavy atom. The van der Waals surface area contributed by atoms with E-state index in [1.54, 1.807) is 0 Å². The van der Waals surface area contributed by atoms with Gasteiger partial charge in [0.05, 0.1) is 12.7 Å². The average molecular weight is 254 g/mol. The van der Waals surface area contributed by atoms with Crippen molar-refractivity contribution in [3.8, 4) is 0 Å². The monoisotopic (exact) mass is 254 g/mol. The van der Waals surface area contributed by atoms with E-state index in [-0.39, 0.29) is 6.10 Å². The van der Waals surface area contributed by atoms with Gasteiger partial charge in [-0.25, -0.2) is 0 Å². The number of nitrogens with two attached hydrogens (primary N) is 1. The fourth-order valence-corrected chi connectivity index (χ4v) is 3.03. The minimum Gasteiger partial charge on any atom is -0.373 e. The van der Waals surface area contributed by atoms with Crippen molar-refractivity contribution >= 4 is 5.91 Å². The number of nitrogens with zero attached hydrogens (tertiary/aromatic N) is 1. The molecule has 1 aliphatic carbocycles. The van der Waals surface area contributed by atoms with E-state index in [1.165, 1.54) is 38.5 Å². The molecule has 0 aromatic rings. The number of morpholine rings is 1. The quantitative estimate of drug-likeness (QED) is 0.777. The maximum absolute atomic E-state index is 12.3. The second-order valence-corrected chi connectivity index (χ2v) is 5.63. The first kappa shape index (κ1) is 13.8. The minimum absolute atomic E-state index is 0.0387. The highest BCUT2D eigenvalue weighted by atomic mass is 16.5. The third-order valence-corrected chi connectivity index (χ3v) is 4.19. The van der Waals surface area contributed by atoms with E-state index in [2.05, 4.69) is 0 Å².